The number of nitrogens with zero attached hydrogens (tertiary/aromatic N) is 1. The fourth-order valence-electron chi connectivity index (χ4n) is 3.15. The van der Waals surface area contributed by atoms with Crippen molar-refractivity contribution in [2.75, 3.05) is 17.2 Å². The molecule has 2 amide bonds. The first-order valence-electron chi connectivity index (χ1n) is 10.3. The summed E-state index contributed by atoms with van der Waals surface area (Å²) in [6.45, 7) is 3.55. The fourth-order valence-corrected chi connectivity index (χ4v) is 3.94. The lowest BCUT2D eigenvalue weighted by atomic mass is 10.1. The highest BCUT2D eigenvalue weighted by molar-refractivity contribution is 6.37. The molecule has 178 valence electrons. The fraction of sp³-hybridized carbons (Fsp3) is 0.115. The normalized spacial score (nSPS) is 10.9. The highest BCUT2D eigenvalue weighted by atomic mass is 35.5. The highest BCUT2D eigenvalue weighted by Crippen LogP contribution is 2.35. The van der Waals surface area contributed by atoms with E-state index < -0.39 is 5.91 Å². The first-order valence-corrected chi connectivity index (χ1v) is 11.5. The zero-order chi connectivity index (χ0) is 25.5. The van der Waals surface area contributed by atoms with Crippen molar-refractivity contribution in [2.24, 2.45) is 0 Å². The molecule has 0 aliphatic heterocycles. The molecule has 2 N–H and O–H groups in total. The maximum Gasteiger partial charge on any atom is 0.266 e. The minimum atomic E-state index is -0.642. The Kier molecular flexibility index (Phi) is 8.78. The van der Waals surface area contributed by atoms with E-state index in [1.807, 2.05) is 38.1 Å². The lowest BCUT2D eigenvalue weighted by Crippen LogP contribution is -2.20. The molecule has 0 radical (unpaired) electrons. The summed E-state index contributed by atoms with van der Waals surface area (Å²) in [5, 5.41) is 15.4. The molecule has 0 aliphatic carbocycles. The number of hydrogen-bond acceptors (Lipinski definition) is 4. The van der Waals surface area contributed by atoms with Crippen LogP contribution in [0.25, 0.3) is 6.08 Å². The number of aryl methyl sites for hydroxylation is 2. The number of amides is 2. The number of ether oxygens (including phenoxy) is 1. The van der Waals surface area contributed by atoms with Gasteiger partial charge in [-0.2, -0.15) is 5.26 Å². The van der Waals surface area contributed by atoms with Gasteiger partial charge in [0, 0.05) is 5.69 Å². The average molecular weight is 529 g/mol. The molecule has 0 saturated heterocycles. The minimum absolute atomic E-state index is 0.111. The predicted molar refractivity (Wildman–Crippen MR) is 140 cm³/mol. The lowest BCUT2D eigenvalue weighted by molar-refractivity contribution is -0.118. The third kappa shape index (κ3) is 7.00. The number of carbonyl (C=O) groups excluding carboxylic acids is 2. The van der Waals surface area contributed by atoms with Crippen LogP contribution in [0.2, 0.25) is 15.1 Å². The van der Waals surface area contributed by atoms with Gasteiger partial charge in [0.25, 0.3) is 11.8 Å². The number of hydrogen-bond donors (Lipinski definition) is 2. The topological polar surface area (TPSA) is 91.2 Å². The van der Waals surface area contributed by atoms with Gasteiger partial charge in [0.2, 0.25) is 0 Å². The average Bonchev–Trinajstić information content (AvgIpc) is 2.80. The second-order valence-electron chi connectivity index (χ2n) is 7.57. The van der Waals surface area contributed by atoms with Crippen molar-refractivity contribution in [1.29, 1.82) is 5.26 Å². The summed E-state index contributed by atoms with van der Waals surface area (Å²) < 4.78 is 5.54. The lowest BCUT2D eigenvalue weighted by Gasteiger charge is -2.12. The van der Waals surface area contributed by atoms with Crippen LogP contribution in [0.5, 0.6) is 5.75 Å². The van der Waals surface area contributed by atoms with E-state index in [1.165, 1.54) is 18.2 Å². The molecule has 9 heteroatoms. The van der Waals surface area contributed by atoms with Crippen molar-refractivity contribution in [2.45, 2.75) is 13.8 Å². The quantitative estimate of drug-likeness (QED) is 0.260. The second kappa shape index (κ2) is 11.8. The minimum Gasteiger partial charge on any atom is -0.481 e. The maximum absolute atomic E-state index is 12.5. The van der Waals surface area contributed by atoms with Crippen LogP contribution in [0, 0.1) is 25.2 Å². The van der Waals surface area contributed by atoms with Crippen LogP contribution >= 0.6 is 34.8 Å². The number of halogens is 3. The number of anilines is 2. The first kappa shape index (κ1) is 26.1. The SMILES string of the molecule is Cc1ccc(NC(=O)COc2c(Cl)cc(/C=C(\C#N)C(=O)Nc3ccccc3Cl)cc2Cl)c(C)c1. The molecule has 0 aliphatic rings. The van der Waals surface area contributed by atoms with Crippen molar-refractivity contribution >= 4 is 64.1 Å². The van der Waals surface area contributed by atoms with Gasteiger partial charge < -0.3 is 15.4 Å². The molecule has 35 heavy (non-hydrogen) atoms. The summed E-state index contributed by atoms with van der Waals surface area (Å²) in [6, 6.07) is 17.1. The second-order valence-corrected chi connectivity index (χ2v) is 8.79. The van der Waals surface area contributed by atoms with Gasteiger partial charge in [-0.25, -0.2) is 0 Å². The monoisotopic (exact) mass is 527 g/mol. The first-order chi connectivity index (χ1) is 16.7. The molecule has 6 nitrogen and oxygen atoms in total. The van der Waals surface area contributed by atoms with E-state index in [2.05, 4.69) is 10.6 Å². The van der Waals surface area contributed by atoms with Crippen molar-refractivity contribution < 1.29 is 14.3 Å². The van der Waals surface area contributed by atoms with E-state index in [9.17, 15) is 14.9 Å². The highest BCUT2D eigenvalue weighted by Gasteiger charge is 2.15. The van der Waals surface area contributed by atoms with Crippen LogP contribution in [-0.2, 0) is 9.59 Å². The molecule has 0 saturated carbocycles. The number of nitriles is 1. The predicted octanol–water partition coefficient (Wildman–Crippen LogP) is 6.83. The molecular formula is C26H20Cl3N3O3. The molecule has 3 aromatic rings. The molecule has 0 unspecified atom stereocenters. The van der Waals surface area contributed by atoms with Crippen molar-refractivity contribution in [1.82, 2.24) is 0 Å². The molecule has 0 atom stereocenters. The number of benzene rings is 3. The van der Waals surface area contributed by atoms with Crippen LogP contribution in [0.1, 0.15) is 16.7 Å². The van der Waals surface area contributed by atoms with Crippen LogP contribution < -0.4 is 15.4 Å². The Labute approximate surface area is 218 Å². The van der Waals surface area contributed by atoms with Crippen molar-refractivity contribution in [3.63, 3.8) is 0 Å². The van der Waals surface area contributed by atoms with E-state index in [-0.39, 0.29) is 33.9 Å². The summed E-state index contributed by atoms with van der Waals surface area (Å²) in [7, 11) is 0. The van der Waals surface area contributed by atoms with Gasteiger partial charge in [-0.1, -0.05) is 64.6 Å². The van der Waals surface area contributed by atoms with E-state index in [1.54, 1.807) is 24.3 Å². The van der Waals surface area contributed by atoms with Crippen LogP contribution in [0.3, 0.4) is 0 Å². The zero-order valence-electron chi connectivity index (χ0n) is 18.8. The summed E-state index contributed by atoms with van der Waals surface area (Å²) in [5.41, 5.74) is 3.29. The Hall–Kier alpha value is -3.50. The maximum atomic E-state index is 12.5. The van der Waals surface area contributed by atoms with Crippen LogP contribution in [0.15, 0.2) is 60.2 Å². The van der Waals surface area contributed by atoms with E-state index in [0.29, 0.717) is 22.0 Å². The van der Waals surface area contributed by atoms with Crippen molar-refractivity contribution in [3.05, 3.63) is 91.9 Å². The molecule has 0 spiro atoms. The summed E-state index contributed by atoms with van der Waals surface area (Å²) in [6.07, 6.45) is 1.33. The molecule has 3 aromatic carbocycles. The standard InChI is InChI=1S/C26H20Cl3N3O3/c1-15-7-8-22(16(2)9-15)31-24(33)14-35-25-20(28)11-17(12-21(25)29)10-18(13-30)26(34)32-23-6-4-3-5-19(23)27/h3-12H,14H2,1-2H3,(H,31,33)(H,32,34)/b18-10+. The molecule has 0 aromatic heterocycles. The van der Waals surface area contributed by atoms with Gasteiger partial charge in [0.15, 0.2) is 12.4 Å². The van der Waals surface area contributed by atoms with Gasteiger partial charge in [0.1, 0.15) is 11.6 Å². The molecule has 3 rings (SSSR count). The largest absolute Gasteiger partial charge is 0.481 e. The molecule has 0 fully saturated rings. The number of carbonyl (C=O) groups is 2. The number of para-hydroxylation sites is 1. The van der Waals surface area contributed by atoms with Gasteiger partial charge in [-0.15, -0.1) is 0 Å². The Bertz CT molecular complexity index is 1340. The van der Waals surface area contributed by atoms with Gasteiger partial charge in [0.05, 0.1) is 20.8 Å². The van der Waals surface area contributed by atoms with Crippen molar-refractivity contribution in [3.8, 4) is 11.8 Å². The van der Waals surface area contributed by atoms with Gasteiger partial charge in [-0.05, 0) is 61.4 Å². The van der Waals surface area contributed by atoms with Crippen LogP contribution in [0.4, 0.5) is 11.4 Å². The molecular weight excluding hydrogens is 509 g/mol. The van der Waals surface area contributed by atoms with E-state index >= 15 is 0 Å². The summed E-state index contributed by atoms with van der Waals surface area (Å²) >= 11 is 18.7. The third-order valence-electron chi connectivity index (χ3n) is 4.82. The molecule has 0 heterocycles. The summed E-state index contributed by atoms with van der Waals surface area (Å²) in [5.74, 6) is -0.910. The Morgan fingerprint density at radius 1 is 0.943 bits per heavy atom. The van der Waals surface area contributed by atoms with Gasteiger partial charge in [-0.3, -0.25) is 9.59 Å². The third-order valence-corrected chi connectivity index (χ3v) is 5.71. The summed E-state index contributed by atoms with van der Waals surface area (Å²) in [4.78, 5) is 24.8. The smallest absolute Gasteiger partial charge is 0.266 e. The Balaban J connectivity index is 1.70. The van der Waals surface area contributed by atoms with Crippen LogP contribution in [-0.4, -0.2) is 18.4 Å². The number of rotatable bonds is 7. The van der Waals surface area contributed by atoms with Gasteiger partial charge >= 0.3 is 0 Å². The van der Waals surface area contributed by atoms with E-state index in [0.717, 1.165) is 11.1 Å². The zero-order valence-corrected chi connectivity index (χ0v) is 21.1. The Morgan fingerprint density at radius 2 is 1.63 bits per heavy atom. The van der Waals surface area contributed by atoms with E-state index in [4.69, 9.17) is 39.5 Å². The number of nitrogens with one attached hydrogen (secondary N) is 2. The Morgan fingerprint density at radius 3 is 2.26 bits per heavy atom. The molecule has 0 bridgehead atoms.